The van der Waals surface area contributed by atoms with E-state index in [1.54, 1.807) is 139 Å². The van der Waals surface area contributed by atoms with Crippen molar-refractivity contribution in [1.29, 1.82) is 0 Å². The van der Waals surface area contributed by atoms with E-state index in [1.165, 1.54) is 4.90 Å². The number of methoxy groups -OCH3 is 4. The third-order valence-corrected chi connectivity index (χ3v) is 10.5. The van der Waals surface area contributed by atoms with Gasteiger partial charge in [0.15, 0.2) is 0 Å². The number of ether oxygens (including phenoxy) is 4. The zero-order valence-corrected chi connectivity index (χ0v) is 29.4. The summed E-state index contributed by atoms with van der Waals surface area (Å²) in [4.78, 5) is 29.7. The second kappa shape index (κ2) is 14.4. The highest BCUT2D eigenvalue weighted by Crippen LogP contribution is 2.48. The van der Waals surface area contributed by atoms with E-state index in [4.69, 9.17) is 24.7 Å². The van der Waals surface area contributed by atoms with Crippen LogP contribution in [0.5, 0.6) is 23.0 Å². The number of rotatable bonds is 14. The normalized spacial score (nSPS) is 15.2. The van der Waals surface area contributed by atoms with Crippen molar-refractivity contribution >= 4 is 11.8 Å². The Morgan fingerprint density at radius 1 is 0.600 bits per heavy atom. The summed E-state index contributed by atoms with van der Waals surface area (Å²) in [5.41, 5.74) is 2.58. The van der Waals surface area contributed by atoms with Crippen molar-refractivity contribution in [2.75, 3.05) is 28.4 Å². The van der Waals surface area contributed by atoms with E-state index >= 15 is 4.79 Å². The van der Waals surface area contributed by atoms with Crippen LogP contribution in [0, 0.1) is 5.41 Å². The minimum atomic E-state index is -1.87. The molecule has 1 aliphatic rings. The monoisotopic (exact) mass is 682 g/mol. The maximum atomic E-state index is 15.1. The second-order valence-corrected chi connectivity index (χ2v) is 12.8. The Labute approximate surface area is 293 Å². The fourth-order valence-electron chi connectivity index (χ4n) is 7.11. The van der Waals surface area contributed by atoms with Gasteiger partial charge in [0.25, 0.3) is 0 Å². The van der Waals surface area contributed by atoms with Crippen LogP contribution in [-0.2, 0) is 20.8 Å². The van der Waals surface area contributed by atoms with Crippen molar-refractivity contribution in [3.63, 3.8) is 0 Å². The van der Waals surface area contributed by atoms with Crippen LogP contribution >= 0.6 is 0 Å². The number of hydrogen-bond donors (Lipinski definition) is 3. The minimum absolute atomic E-state index is 0.254. The Kier molecular flexibility index (Phi) is 10.5. The summed E-state index contributed by atoms with van der Waals surface area (Å²) >= 11 is 0. The fourth-order valence-corrected chi connectivity index (χ4v) is 7.11. The summed E-state index contributed by atoms with van der Waals surface area (Å²) in [7, 11) is 6.21. The summed E-state index contributed by atoms with van der Waals surface area (Å²) in [5.74, 6) is 1.00. The lowest BCUT2D eigenvalue weighted by atomic mass is 9.65. The van der Waals surface area contributed by atoms with Crippen LogP contribution in [0.2, 0.25) is 0 Å². The molecular formula is C40H46N2O8. The van der Waals surface area contributed by atoms with Crippen molar-refractivity contribution in [2.45, 2.75) is 56.4 Å². The molecule has 4 N–H and O–H groups in total. The number of benzene rings is 4. The Morgan fingerprint density at radius 2 is 0.860 bits per heavy atom. The van der Waals surface area contributed by atoms with Crippen molar-refractivity contribution in [1.82, 2.24) is 4.90 Å². The molecule has 0 spiro atoms. The predicted molar refractivity (Wildman–Crippen MR) is 189 cm³/mol. The molecule has 50 heavy (non-hydrogen) atoms. The molecule has 4 aromatic carbocycles. The largest absolute Gasteiger partial charge is 0.497 e. The van der Waals surface area contributed by atoms with E-state index in [1.807, 2.05) is 0 Å². The molecule has 0 heterocycles. The Morgan fingerprint density at radius 3 is 1.04 bits per heavy atom. The van der Waals surface area contributed by atoms with Gasteiger partial charge in [-0.3, -0.25) is 9.59 Å². The first-order valence-corrected chi connectivity index (χ1v) is 16.6. The first kappa shape index (κ1) is 36.2. The fraction of sp³-hybridized carbons (Fsp3) is 0.350. The van der Waals surface area contributed by atoms with Crippen molar-refractivity contribution in [3.05, 3.63) is 119 Å². The highest BCUT2D eigenvalue weighted by Gasteiger charge is 2.58. The van der Waals surface area contributed by atoms with Crippen LogP contribution in [0.3, 0.4) is 0 Å². The summed E-state index contributed by atoms with van der Waals surface area (Å²) in [6, 6.07) is 25.6. The average Bonchev–Trinajstić information content (AvgIpc) is 3.13. The van der Waals surface area contributed by atoms with E-state index in [0.717, 1.165) is 0 Å². The number of hydrogen-bond acceptors (Lipinski definition) is 8. The lowest BCUT2D eigenvalue weighted by Crippen LogP contribution is -2.66. The van der Waals surface area contributed by atoms with Gasteiger partial charge in [-0.05, 0) is 97.5 Å². The van der Waals surface area contributed by atoms with Gasteiger partial charge in [-0.25, -0.2) is 0 Å². The standard InChI is InChI=1S/C40H46N2O8/c1-26(39(45,28-8-16-32(47-3)17-9-28)29-10-18-33(48-4)19-11-29)42(37(44)38(36(41)43)24-7-25-38)27(2)40(46,30-12-20-34(49-5)21-13-30)31-14-22-35(50-6)23-15-31/h8-23,26-27,45-46H,7,24-25H2,1-6H3,(H2,41,43). The predicted octanol–water partition coefficient (Wildman–Crippen LogP) is 5.15. The lowest BCUT2D eigenvalue weighted by molar-refractivity contribution is -0.170. The van der Waals surface area contributed by atoms with Gasteiger partial charge in [-0.1, -0.05) is 55.0 Å². The van der Waals surface area contributed by atoms with Crippen LogP contribution < -0.4 is 24.7 Å². The number of amides is 2. The van der Waals surface area contributed by atoms with E-state index in [-0.39, 0.29) is 12.8 Å². The van der Waals surface area contributed by atoms with Crippen molar-refractivity contribution < 1.29 is 38.7 Å². The van der Waals surface area contributed by atoms with Gasteiger partial charge in [0, 0.05) is 0 Å². The highest BCUT2D eigenvalue weighted by molar-refractivity contribution is 6.05. The van der Waals surface area contributed by atoms with Crippen LogP contribution in [0.1, 0.15) is 55.4 Å². The van der Waals surface area contributed by atoms with Crippen molar-refractivity contribution in [3.8, 4) is 23.0 Å². The maximum Gasteiger partial charge on any atom is 0.238 e. The topological polar surface area (TPSA) is 141 Å². The highest BCUT2D eigenvalue weighted by atomic mass is 16.5. The molecule has 1 aliphatic carbocycles. The molecule has 10 nitrogen and oxygen atoms in total. The molecule has 5 rings (SSSR count). The molecule has 0 aliphatic heterocycles. The van der Waals surface area contributed by atoms with Gasteiger partial charge in [-0.2, -0.15) is 0 Å². The lowest BCUT2D eigenvalue weighted by Gasteiger charge is -2.52. The van der Waals surface area contributed by atoms with Gasteiger partial charge >= 0.3 is 0 Å². The van der Waals surface area contributed by atoms with Gasteiger partial charge in [0.05, 0.1) is 40.5 Å². The third kappa shape index (κ3) is 6.14. The molecule has 0 saturated heterocycles. The van der Waals surface area contributed by atoms with Crippen LogP contribution in [0.25, 0.3) is 0 Å². The molecular weight excluding hydrogens is 636 g/mol. The van der Waals surface area contributed by atoms with Gasteiger partial charge in [0.2, 0.25) is 11.8 Å². The van der Waals surface area contributed by atoms with Gasteiger partial charge in [-0.15, -0.1) is 0 Å². The molecule has 264 valence electrons. The Bertz CT molecular complexity index is 1560. The molecule has 10 heteroatoms. The van der Waals surface area contributed by atoms with E-state index in [0.29, 0.717) is 51.7 Å². The Balaban J connectivity index is 1.78. The summed E-state index contributed by atoms with van der Waals surface area (Å²) in [6.45, 7) is 3.44. The number of aliphatic hydroxyl groups is 2. The van der Waals surface area contributed by atoms with Crippen molar-refractivity contribution in [2.24, 2.45) is 11.1 Å². The number of nitrogens with zero attached hydrogens (tertiary/aromatic N) is 1. The molecule has 2 amide bonds. The summed E-state index contributed by atoms with van der Waals surface area (Å²) < 4.78 is 21.6. The van der Waals surface area contributed by atoms with Gasteiger partial charge in [0.1, 0.15) is 39.6 Å². The zero-order chi connectivity index (χ0) is 36.3. The molecule has 1 fully saturated rings. The molecule has 2 unspecified atom stereocenters. The molecule has 1 saturated carbocycles. The quantitative estimate of drug-likeness (QED) is 0.155. The first-order valence-electron chi connectivity index (χ1n) is 16.6. The van der Waals surface area contributed by atoms with Crippen LogP contribution in [0.4, 0.5) is 0 Å². The maximum absolute atomic E-state index is 15.1. The summed E-state index contributed by atoms with van der Waals surface area (Å²) in [5, 5.41) is 26.3. The average molecular weight is 683 g/mol. The van der Waals surface area contributed by atoms with E-state index < -0.39 is 40.5 Å². The van der Waals surface area contributed by atoms with Crippen LogP contribution in [0.15, 0.2) is 97.1 Å². The number of primary amides is 1. The molecule has 0 radical (unpaired) electrons. The molecule has 0 bridgehead atoms. The van der Waals surface area contributed by atoms with E-state index in [2.05, 4.69) is 0 Å². The third-order valence-electron chi connectivity index (χ3n) is 10.5. The van der Waals surface area contributed by atoms with Crippen LogP contribution in [-0.4, -0.2) is 67.5 Å². The number of carbonyl (C=O) groups excluding carboxylic acids is 2. The Hall–Kier alpha value is -5.06. The first-order chi connectivity index (χ1) is 23.9. The SMILES string of the molecule is COc1ccc(C(O)(c2ccc(OC)cc2)C(C)N(C(=O)C2(C(N)=O)CCC2)C(C)C(O)(c2ccc(OC)cc2)c2ccc(OC)cc2)cc1. The smallest absolute Gasteiger partial charge is 0.238 e. The van der Waals surface area contributed by atoms with E-state index in [9.17, 15) is 15.0 Å². The molecule has 2 atom stereocenters. The number of nitrogens with two attached hydrogens (primary N) is 1. The summed E-state index contributed by atoms with van der Waals surface area (Å²) in [6.07, 6.45) is 1.14. The molecule has 0 aromatic heterocycles. The number of carbonyl (C=O) groups is 2. The molecule has 4 aromatic rings. The minimum Gasteiger partial charge on any atom is -0.497 e. The van der Waals surface area contributed by atoms with Gasteiger partial charge < -0.3 is 39.8 Å². The second-order valence-electron chi connectivity index (χ2n) is 12.8. The zero-order valence-electron chi connectivity index (χ0n) is 29.4.